The van der Waals surface area contributed by atoms with Gasteiger partial charge in [0.25, 0.3) is 5.91 Å². The summed E-state index contributed by atoms with van der Waals surface area (Å²) < 4.78 is 10.8. The molecule has 0 unspecified atom stereocenters. The molecule has 1 aliphatic carbocycles. The van der Waals surface area contributed by atoms with Crippen LogP contribution in [0.1, 0.15) is 39.3 Å². The maximum atomic E-state index is 12.9. The molecule has 2 aromatic rings. The number of pyridine rings is 1. The molecule has 0 radical (unpaired) electrons. The van der Waals surface area contributed by atoms with Crippen LogP contribution in [-0.2, 0) is 4.74 Å². The Morgan fingerprint density at radius 3 is 2.60 bits per heavy atom. The van der Waals surface area contributed by atoms with Gasteiger partial charge in [0, 0.05) is 30.5 Å². The third kappa shape index (κ3) is 4.16. The summed E-state index contributed by atoms with van der Waals surface area (Å²) in [4.78, 5) is 30.7. The zero-order valence-corrected chi connectivity index (χ0v) is 17.2. The van der Waals surface area contributed by atoms with Crippen molar-refractivity contribution in [1.29, 1.82) is 0 Å². The number of fused-ring (bicyclic) bond motifs is 1. The highest BCUT2D eigenvalue weighted by atomic mass is 16.5. The fourth-order valence-corrected chi connectivity index (χ4v) is 4.53. The standard InChI is InChI=1S/C23H26N2O5/c1-14-8-15(6-7-24-14)22(27)25-12-17-10-20(26)21(11-18(17)13-25)30-19-5-3-4-16(9-19)23(28)29-2/h3-9,17-18,20-21,26H,10-13H2,1-2H3/t17-,18+,20+,21+/m0/s1. The van der Waals surface area contributed by atoms with Crippen LogP contribution in [-0.4, -0.2) is 59.3 Å². The Hall–Kier alpha value is -2.93. The molecule has 4 rings (SSSR count). The second-order valence-electron chi connectivity index (χ2n) is 8.13. The monoisotopic (exact) mass is 410 g/mol. The molecule has 0 spiro atoms. The molecule has 0 bridgehead atoms. The van der Waals surface area contributed by atoms with Gasteiger partial charge in [0.15, 0.2) is 0 Å². The van der Waals surface area contributed by atoms with Gasteiger partial charge in [-0.15, -0.1) is 0 Å². The first-order valence-electron chi connectivity index (χ1n) is 10.2. The van der Waals surface area contributed by atoms with Crippen LogP contribution in [0, 0.1) is 18.8 Å². The number of aliphatic hydroxyl groups is 1. The summed E-state index contributed by atoms with van der Waals surface area (Å²) in [7, 11) is 1.33. The lowest BCUT2D eigenvalue weighted by molar-refractivity contribution is -0.0231. The number of amides is 1. The number of likely N-dealkylation sites (tertiary alicyclic amines) is 1. The van der Waals surface area contributed by atoms with Gasteiger partial charge in [-0.25, -0.2) is 4.79 Å². The number of carbonyl (C=O) groups excluding carboxylic acids is 2. The molecule has 4 atom stereocenters. The molecule has 1 saturated carbocycles. The van der Waals surface area contributed by atoms with Crippen LogP contribution in [0.2, 0.25) is 0 Å². The number of ether oxygens (including phenoxy) is 2. The van der Waals surface area contributed by atoms with Crippen molar-refractivity contribution in [2.24, 2.45) is 11.8 Å². The number of benzene rings is 1. The molecule has 1 saturated heterocycles. The average Bonchev–Trinajstić information content (AvgIpc) is 3.15. The van der Waals surface area contributed by atoms with E-state index < -0.39 is 12.1 Å². The quantitative estimate of drug-likeness (QED) is 0.779. The van der Waals surface area contributed by atoms with Gasteiger partial charge >= 0.3 is 5.97 Å². The van der Waals surface area contributed by atoms with Crippen LogP contribution < -0.4 is 4.74 Å². The Kier molecular flexibility index (Phi) is 5.72. The Morgan fingerprint density at radius 1 is 1.10 bits per heavy atom. The smallest absolute Gasteiger partial charge is 0.337 e. The summed E-state index contributed by atoms with van der Waals surface area (Å²) in [6.07, 6.45) is 1.91. The van der Waals surface area contributed by atoms with Gasteiger partial charge in [-0.2, -0.15) is 0 Å². The zero-order valence-electron chi connectivity index (χ0n) is 17.2. The van der Waals surface area contributed by atoms with Gasteiger partial charge in [-0.3, -0.25) is 9.78 Å². The normalized spacial score (nSPS) is 25.5. The van der Waals surface area contributed by atoms with E-state index in [1.54, 1.807) is 42.6 Å². The first kappa shape index (κ1) is 20.3. The first-order valence-corrected chi connectivity index (χ1v) is 10.2. The molecule has 7 nitrogen and oxygen atoms in total. The number of hydrogen-bond donors (Lipinski definition) is 1. The SMILES string of the molecule is COC(=O)c1cccc(O[C@@H]2C[C@@H]3CN(C(=O)c4ccnc(C)c4)C[C@@H]3C[C@H]2O)c1. The minimum atomic E-state index is -0.619. The van der Waals surface area contributed by atoms with Crippen molar-refractivity contribution < 1.29 is 24.2 Å². The summed E-state index contributed by atoms with van der Waals surface area (Å²) in [6.45, 7) is 3.17. The number of hydrogen-bond acceptors (Lipinski definition) is 6. The molecular weight excluding hydrogens is 384 g/mol. The third-order valence-electron chi connectivity index (χ3n) is 6.06. The number of aryl methyl sites for hydroxylation is 1. The maximum absolute atomic E-state index is 12.9. The van der Waals surface area contributed by atoms with E-state index in [-0.39, 0.29) is 23.8 Å². The van der Waals surface area contributed by atoms with Crippen LogP contribution >= 0.6 is 0 Å². The fraction of sp³-hybridized carbons (Fsp3) is 0.435. The van der Waals surface area contributed by atoms with Crippen LogP contribution in [0.25, 0.3) is 0 Å². The predicted octanol–water partition coefficient (Wildman–Crippen LogP) is 2.47. The number of methoxy groups -OCH3 is 1. The molecule has 1 aromatic carbocycles. The molecule has 1 N–H and O–H groups in total. The molecule has 2 heterocycles. The topological polar surface area (TPSA) is 89.0 Å². The second-order valence-corrected chi connectivity index (χ2v) is 8.13. The number of aromatic nitrogens is 1. The van der Waals surface area contributed by atoms with Crippen molar-refractivity contribution >= 4 is 11.9 Å². The largest absolute Gasteiger partial charge is 0.488 e. The number of nitrogens with zero attached hydrogens (tertiary/aromatic N) is 2. The zero-order chi connectivity index (χ0) is 21.3. The van der Waals surface area contributed by atoms with Crippen LogP contribution in [0.15, 0.2) is 42.6 Å². The van der Waals surface area contributed by atoms with E-state index in [0.717, 1.165) is 5.69 Å². The van der Waals surface area contributed by atoms with E-state index in [1.165, 1.54) is 7.11 Å². The molecule has 1 amide bonds. The lowest BCUT2D eigenvalue weighted by Gasteiger charge is -2.35. The molecule has 2 fully saturated rings. The van der Waals surface area contributed by atoms with E-state index in [1.807, 2.05) is 11.8 Å². The van der Waals surface area contributed by atoms with E-state index >= 15 is 0 Å². The summed E-state index contributed by atoms with van der Waals surface area (Å²) >= 11 is 0. The van der Waals surface area contributed by atoms with Crippen LogP contribution in [0.3, 0.4) is 0 Å². The highest BCUT2D eigenvalue weighted by molar-refractivity contribution is 5.94. The van der Waals surface area contributed by atoms with Gasteiger partial charge in [-0.1, -0.05) is 6.07 Å². The molecule has 7 heteroatoms. The molecular formula is C23H26N2O5. The van der Waals surface area contributed by atoms with E-state index in [0.29, 0.717) is 42.8 Å². The van der Waals surface area contributed by atoms with Crippen molar-refractivity contribution in [1.82, 2.24) is 9.88 Å². The maximum Gasteiger partial charge on any atom is 0.337 e. The van der Waals surface area contributed by atoms with Gasteiger partial charge in [0.1, 0.15) is 11.9 Å². The summed E-state index contributed by atoms with van der Waals surface area (Å²) in [5.41, 5.74) is 1.87. The molecule has 2 aliphatic rings. The summed E-state index contributed by atoms with van der Waals surface area (Å²) in [6, 6.07) is 10.3. The Labute approximate surface area is 175 Å². The van der Waals surface area contributed by atoms with Crippen molar-refractivity contribution in [3.63, 3.8) is 0 Å². The van der Waals surface area contributed by atoms with Crippen molar-refractivity contribution in [2.45, 2.75) is 32.0 Å². The lowest BCUT2D eigenvalue weighted by Crippen LogP contribution is -2.42. The van der Waals surface area contributed by atoms with Crippen molar-refractivity contribution in [2.75, 3.05) is 20.2 Å². The lowest BCUT2D eigenvalue weighted by atomic mass is 9.78. The highest BCUT2D eigenvalue weighted by Crippen LogP contribution is 2.38. The minimum Gasteiger partial charge on any atom is -0.488 e. The van der Waals surface area contributed by atoms with Gasteiger partial charge in [-0.05, 0) is 61.9 Å². The average molecular weight is 410 g/mol. The number of aliphatic hydroxyl groups excluding tert-OH is 1. The van der Waals surface area contributed by atoms with Gasteiger partial charge in [0.2, 0.25) is 0 Å². The third-order valence-corrected chi connectivity index (χ3v) is 6.06. The fourth-order valence-electron chi connectivity index (χ4n) is 4.53. The van der Waals surface area contributed by atoms with E-state index in [2.05, 4.69) is 4.98 Å². The molecule has 158 valence electrons. The van der Waals surface area contributed by atoms with Crippen molar-refractivity contribution in [3.8, 4) is 5.75 Å². The van der Waals surface area contributed by atoms with Crippen molar-refractivity contribution in [3.05, 3.63) is 59.4 Å². The van der Waals surface area contributed by atoms with E-state index in [4.69, 9.17) is 9.47 Å². The minimum absolute atomic E-state index is 0.00707. The molecule has 1 aliphatic heterocycles. The summed E-state index contributed by atoms with van der Waals surface area (Å²) in [5.74, 6) is 0.634. The number of esters is 1. The number of rotatable bonds is 4. The molecule has 30 heavy (non-hydrogen) atoms. The summed E-state index contributed by atoms with van der Waals surface area (Å²) in [5, 5.41) is 10.7. The predicted molar refractivity (Wildman–Crippen MR) is 109 cm³/mol. The first-order chi connectivity index (χ1) is 14.4. The van der Waals surface area contributed by atoms with Gasteiger partial charge in [0.05, 0.1) is 18.8 Å². The van der Waals surface area contributed by atoms with Crippen LogP contribution in [0.4, 0.5) is 0 Å². The highest BCUT2D eigenvalue weighted by Gasteiger charge is 2.44. The van der Waals surface area contributed by atoms with Gasteiger partial charge < -0.3 is 19.5 Å². The second kappa shape index (κ2) is 8.44. The molecule has 1 aromatic heterocycles. The Morgan fingerprint density at radius 2 is 1.87 bits per heavy atom. The van der Waals surface area contributed by atoms with E-state index in [9.17, 15) is 14.7 Å². The Bertz CT molecular complexity index is 947. The van der Waals surface area contributed by atoms with Crippen LogP contribution in [0.5, 0.6) is 5.75 Å². The number of carbonyl (C=O) groups is 2. The Balaban J connectivity index is 1.42.